The van der Waals surface area contributed by atoms with Gasteiger partial charge in [0.05, 0.1) is 5.75 Å². The van der Waals surface area contributed by atoms with Crippen LogP contribution in [0.15, 0.2) is 16.5 Å². The Morgan fingerprint density at radius 1 is 1.40 bits per heavy atom. The molecule has 0 aliphatic carbocycles. The highest BCUT2D eigenvalue weighted by Gasteiger charge is 2.08. The maximum absolute atomic E-state index is 10.5. The molecule has 5 heteroatoms. The first-order chi connectivity index (χ1) is 7.24. The van der Waals surface area contributed by atoms with E-state index in [1.165, 1.54) is 6.07 Å². The SMILES string of the molecule is O=C(O)c1ccc(CSCCCCO)o1. The standard InChI is InChI=1S/C10H14O4S/c11-5-1-2-6-15-7-8-3-4-9(14-8)10(12)13/h3-4,11H,1-2,5-7H2,(H,12,13). The minimum absolute atomic E-state index is 0.0130. The number of unbranched alkanes of at least 4 members (excludes halogenated alkanes) is 1. The number of aliphatic hydroxyl groups is 1. The molecule has 1 heterocycles. The molecule has 0 atom stereocenters. The van der Waals surface area contributed by atoms with Crippen molar-refractivity contribution in [1.29, 1.82) is 0 Å². The molecule has 0 fully saturated rings. The molecule has 0 aromatic carbocycles. The van der Waals surface area contributed by atoms with E-state index < -0.39 is 5.97 Å². The Hall–Kier alpha value is -0.940. The van der Waals surface area contributed by atoms with Gasteiger partial charge in [-0.25, -0.2) is 4.79 Å². The van der Waals surface area contributed by atoms with E-state index in [4.69, 9.17) is 14.6 Å². The Morgan fingerprint density at radius 2 is 2.20 bits per heavy atom. The largest absolute Gasteiger partial charge is 0.475 e. The Kier molecular flexibility index (Phi) is 5.28. The van der Waals surface area contributed by atoms with E-state index in [0.29, 0.717) is 11.5 Å². The summed E-state index contributed by atoms with van der Waals surface area (Å²) in [6.45, 7) is 0.227. The van der Waals surface area contributed by atoms with Crippen LogP contribution >= 0.6 is 11.8 Å². The van der Waals surface area contributed by atoms with Gasteiger partial charge >= 0.3 is 5.97 Å². The third-order valence-corrected chi connectivity index (χ3v) is 2.88. The Bertz CT molecular complexity index is 308. The number of hydrogen-bond acceptors (Lipinski definition) is 4. The van der Waals surface area contributed by atoms with Crippen LogP contribution in [-0.4, -0.2) is 28.5 Å². The van der Waals surface area contributed by atoms with E-state index in [1.807, 2.05) is 0 Å². The van der Waals surface area contributed by atoms with Crippen molar-refractivity contribution < 1.29 is 19.4 Å². The number of aromatic carboxylic acids is 1. The molecule has 0 saturated carbocycles. The zero-order valence-corrected chi connectivity index (χ0v) is 9.13. The summed E-state index contributed by atoms with van der Waals surface area (Å²) in [4.78, 5) is 10.5. The van der Waals surface area contributed by atoms with E-state index in [0.717, 1.165) is 18.6 Å². The van der Waals surface area contributed by atoms with Crippen LogP contribution in [-0.2, 0) is 5.75 Å². The number of carboxylic acids is 1. The van der Waals surface area contributed by atoms with Gasteiger partial charge in [0, 0.05) is 6.61 Å². The molecule has 0 saturated heterocycles. The maximum atomic E-state index is 10.5. The third-order valence-electron chi connectivity index (χ3n) is 1.81. The normalized spacial score (nSPS) is 10.5. The molecule has 1 aromatic heterocycles. The molecule has 0 spiro atoms. The van der Waals surface area contributed by atoms with Crippen molar-refractivity contribution in [2.24, 2.45) is 0 Å². The summed E-state index contributed by atoms with van der Waals surface area (Å²) in [6, 6.07) is 3.15. The molecule has 1 aromatic rings. The first kappa shape index (κ1) is 12.1. The lowest BCUT2D eigenvalue weighted by Crippen LogP contribution is -1.91. The molecule has 2 N–H and O–H groups in total. The zero-order valence-electron chi connectivity index (χ0n) is 8.31. The molecule has 0 aliphatic heterocycles. The summed E-state index contributed by atoms with van der Waals surface area (Å²) >= 11 is 1.67. The van der Waals surface area contributed by atoms with E-state index in [-0.39, 0.29) is 12.4 Å². The summed E-state index contributed by atoms with van der Waals surface area (Å²) in [5.41, 5.74) is 0. The fraction of sp³-hybridized carbons (Fsp3) is 0.500. The second-order valence-electron chi connectivity index (χ2n) is 3.05. The Morgan fingerprint density at radius 3 is 2.80 bits per heavy atom. The minimum Gasteiger partial charge on any atom is -0.475 e. The molecule has 4 nitrogen and oxygen atoms in total. The van der Waals surface area contributed by atoms with Crippen LogP contribution in [0.4, 0.5) is 0 Å². The smallest absolute Gasteiger partial charge is 0.371 e. The number of hydrogen-bond donors (Lipinski definition) is 2. The fourth-order valence-corrected chi connectivity index (χ4v) is 1.97. The molecular formula is C10H14O4S. The summed E-state index contributed by atoms with van der Waals surface area (Å²) in [7, 11) is 0. The lowest BCUT2D eigenvalue weighted by molar-refractivity contribution is 0.0661. The lowest BCUT2D eigenvalue weighted by atomic mass is 10.4. The topological polar surface area (TPSA) is 70.7 Å². The highest BCUT2D eigenvalue weighted by atomic mass is 32.2. The van der Waals surface area contributed by atoms with Crippen LogP contribution in [0, 0.1) is 0 Å². The van der Waals surface area contributed by atoms with Gasteiger partial charge in [0.25, 0.3) is 0 Å². The monoisotopic (exact) mass is 230 g/mol. The summed E-state index contributed by atoms with van der Waals surface area (Å²) in [5.74, 6) is 1.26. The summed E-state index contributed by atoms with van der Waals surface area (Å²) in [5, 5.41) is 17.2. The van der Waals surface area contributed by atoms with Gasteiger partial charge in [0.1, 0.15) is 5.76 Å². The van der Waals surface area contributed by atoms with Gasteiger partial charge in [-0.15, -0.1) is 0 Å². The first-order valence-corrected chi connectivity index (χ1v) is 5.90. The zero-order chi connectivity index (χ0) is 11.1. The molecule has 15 heavy (non-hydrogen) atoms. The van der Waals surface area contributed by atoms with E-state index in [2.05, 4.69) is 0 Å². The maximum Gasteiger partial charge on any atom is 0.371 e. The quantitative estimate of drug-likeness (QED) is 0.701. The van der Waals surface area contributed by atoms with Crippen molar-refractivity contribution in [3.05, 3.63) is 23.7 Å². The van der Waals surface area contributed by atoms with Gasteiger partial charge in [-0.2, -0.15) is 11.8 Å². The minimum atomic E-state index is -1.04. The van der Waals surface area contributed by atoms with Crippen molar-refractivity contribution in [3.8, 4) is 0 Å². The molecule has 0 amide bonds. The predicted octanol–water partition coefficient (Wildman–Crippen LogP) is 1.98. The number of thioether (sulfide) groups is 1. The Balaban J connectivity index is 2.23. The molecule has 1 rings (SSSR count). The number of furan rings is 1. The number of carbonyl (C=O) groups is 1. The van der Waals surface area contributed by atoms with Crippen molar-refractivity contribution in [2.75, 3.05) is 12.4 Å². The molecule has 0 bridgehead atoms. The summed E-state index contributed by atoms with van der Waals surface area (Å²) < 4.78 is 5.08. The third kappa shape index (κ3) is 4.40. The highest BCUT2D eigenvalue weighted by Crippen LogP contribution is 2.16. The number of rotatable bonds is 7. The molecule has 84 valence electrons. The van der Waals surface area contributed by atoms with Gasteiger partial charge in [-0.05, 0) is 30.7 Å². The molecule has 0 radical (unpaired) electrons. The Labute approximate surface area is 92.3 Å². The van der Waals surface area contributed by atoms with Gasteiger partial charge in [-0.1, -0.05) is 0 Å². The average Bonchev–Trinajstić information content (AvgIpc) is 2.66. The van der Waals surface area contributed by atoms with Crippen LogP contribution in [0.25, 0.3) is 0 Å². The molecule has 0 aliphatic rings. The second kappa shape index (κ2) is 6.53. The average molecular weight is 230 g/mol. The van der Waals surface area contributed by atoms with Crippen LogP contribution in [0.2, 0.25) is 0 Å². The van der Waals surface area contributed by atoms with Gasteiger partial charge in [0.2, 0.25) is 5.76 Å². The van der Waals surface area contributed by atoms with Crippen molar-refractivity contribution in [2.45, 2.75) is 18.6 Å². The number of carboxylic acid groups (broad SMARTS) is 1. The highest BCUT2D eigenvalue weighted by molar-refractivity contribution is 7.98. The van der Waals surface area contributed by atoms with Gasteiger partial charge in [0.15, 0.2) is 0 Å². The number of aliphatic hydroxyl groups excluding tert-OH is 1. The van der Waals surface area contributed by atoms with E-state index >= 15 is 0 Å². The van der Waals surface area contributed by atoms with E-state index in [1.54, 1.807) is 17.8 Å². The van der Waals surface area contributed by atoms with E-state index in [9.17, 15) is 4.79 Å². The van der Waals surface area contributed by atoms with Crippen molar-refractivity contribution in [1.82, 2.24) is 0 Å². The van der Waals surface area contributed by atoms with Crippen LogP contribution in [0.5, 0.6) is 0 Å². The molecule has 0 unspecified atom stereocenters. The van der Waals surface area contributed by atoms with Crippen LogP contribution in [0.3, 0.4) is 0 Å². The summed E-state index contributed by atoms with van der Waals surface area (Å²) in [6.07, 6.45) is 1.78. The second-order valence-corrected chi connectivity index (χ2v) is 4.16. The van der Waals surface area contributed by atoms with Gasteiger partial charge in [-0.3, -0.25) is 0 Å². The van der Waals surface area contributed by atoms with Crippen molar-refractivity contribution in [3.63, 3.8) is 0 Å². The molecular weight excluding hydrogens is 216 g/mol. The lowest BCUT2D eigenvalue weighted by Gasteiger charge is -1.97. The fourth-order valence-electron chi connectivity index (χ4n) is 1.06. The van der Waals surface area contributed by atoms with Crippen molar-refractivity contribution >= 4 is 17.7 Å². The predicted molar refractivity (Wildman–Crippen MR) is 58.1 cm³/mol. The van der Waals surface area contributed by atoms with Crippen LogP contribution in [0.1, 0.15) is 29.2 Å². The van der Waals surface area contributed by atoms with Crippen LogP contribution < -0.4 is 0 Å². The first-order valence-electron chi connectivity index (χ1n) is 4.74. The van der Waals surface area contributed by atoms with Gasteiger partial charge < -0.3 is 14.6 Å².